The van der Waals surface area contributed by atoms with Crippen LogP contribution in [0, 0.1) is 0 Å². The highest BCUT2D eigenvalue weighted by Gasteiger charge is 1.97. The summed E-state index contributed by atoms with van der Waals surface area (Å²) < 4.78 is 0. The number of hydrogen-bond donors (Lipinski definition) is 4. The van der Waals surface area contributed by atoms with Crippen molar-refractivity contribution in [1.29, 1.82) is 0 Å². The van der Waals surface area contributed by atoms with Crippen LogP contribution in [0.3, 0.4) is 0 Å². The minimum absolute atomic E-state index is 0.316. The smallest absolute Gasteiger partial charge is 0.333 e. The van der Waals surface area contributed by atoms with Crippen molar-refractivity contribution in [3.63, 3.8) is 0 Å². The number of nitrogen functional groups attached to an aromatic ring is 1. The second kappa shape index (κ2) is 4.20. The zero-order valence-electron chi connectivity index (χ0n) is 7.29. The molecule has 5 N–H and O–H groups in total. The van der Waals surface area contributed by atoms with Gasteiger partial charge in [-0.15, -0.1) is 0 Å². The molecule has 0 heterocycles. The van der Waals surface area contributed by atoms with Crippen molar-refractivity contribution in [1.82, 2.24) is 10.7 Å². The number of urea groups is 1. The Morgan fingerprint density at radius 1 is 1.38 bits per heavy atom. The second-order valence-electron chi connectivity index (χ2n) is 2.42. The molecule has 5 nitrogen and oxygen atoms in total. The van der Waals surface area contributed by atoms with Crippen LogP contribution in [0.25, 0.3) is 0 Å². The van der Waals surface area contributed by atoms with E-state index < -0.39 is 0 Å². The van der Waals surface area contributed by atoms with Gasteiger partial charge in [-0.25, -0.2) is 4.79 Å². The molecule has 0 aliphatic carbocycles. The van der Waals surface area contributed by atoms with Crippen LogP contribution in [0.5, 0.6) is 0 Å². The first-order valence-corrected chi connectivity index (χ1v) is 3.82. The predicted octanol–water partition coefficient (Wildman–Crippen LogP) is 0.525. The SMILES string of the molecule is CNC(=O)NNc1ccccc1N. The predicted molar refractivity (Wildman–Crippen MR) is 52.1 cm³/mol. The molecule has 0 radical (unpaired) electrons. The van der Waals surface area contributed by atoms with Gasteiger partial charge in [0.2, 0.25) is 0 Å². The van der Waals surface area contributed by atoms with Crippen molar-refractivity contribution >= 4 is 17.4 Å². The molecular formula is C8H12N4O. The molecule has 0 atom stereocenters. The third-order valence-electron chi connectivity index (χ3n) is 1.50. The zero-order valence-corrected chi connectivity index (χ0v) is 7.29. The zero-order chi connectivity index (χ0) is 9.68. The van der Waals surface area contributed by atoms with E-state index in [4.69, 9.17) is 5.73 Å². The lowest BCUT2D eigenvalue weighted by molar-refractivity contribution is 0.245. The minimum Gasteiger partial charge on any atom is -0.397 e. The van der Waals surface area contributed by atoms with Gasteiger partial charge in [-0.2, -0.15) is 0 Å². The Hall–Kier alpha value is -1.91. The van der Waals surface area contributed by atoms with E-state index in [2.05, 4.69) is 16.2 Å². The lowest BCUT2D eigenvalue weighted by Gasteiger charge is -2.09. The van der Waals surface area contributed by atoms with Crippen molar-refractivity contribution in [3.8, 4) is 0 Å². The van der Waals surface area contributed by atoms with E-state index >= 15 is 0 Å². The molecule has 0 unspecified atom stereocenters. The van der Waals surface area contributed by atoms with E-state index in [9.17, 15) is 4.79 Å². The third-order valence-corrected chi connectivity index (χ3v) is 1.50. The van der Waals surface area contributed by atoms with Crippen molar-refractivity contribution in [2.24, 2.45) is 0 Å². The second-order valence-corrected chi connectivity index (χ2v) is 2.42. The van der Waals surface area contributed by atoms with Crippen LogP contribution in [-0.4, -0.2) is 13.1 Å². The number of anilines is 2. The summed E-state index contributed by atoms with van der Waals surface area (Å²) in [6.45, 7) is 0. The van der Waals surface area contributed by atoms with Gasteiger partial charge >= 0.3 is 6.03 Å². The summed E-state index contributed by atoms with van der Waals surface area (Å²) in [7, 11) is 1.53. The molecule has 13 heavy (non-hydrogen) atoms. The molecule has 2 amide bonds. The van der Waals surface area contributed by atoms with Gasteiger partial charge in [0.25, 0.3) is 0 Å². The molecule has 0 aromatic heterocycles. The Kier molecular flexibility index (Phi) is 2.97. The van der Waals surface area contributed by atoms with Crippen LogP contribution in [-0.2, 0) is 0 Å². The average molecular weight is 180 g/mol. The van der Waals surface area contributed by atoms with Gasteiger partial charge in [-0.05, 0) is 12.1 Å². The lowest BCUT2D eigenvalue weighted by atomic mass is 10.3. The molecule has 1 rings (SSSR count). The Labute approximate surface area is 76.3 Å². The van der Waals surface area contributed by atoms with Crippen LogP contribution in [0.1, 0.15) is 0 Å². The number of amides is 2. The molecule has 0 aliphatic heterocycles. The summed E-state index contributed by atoms with van der Waals surface area (Å²) in [5, 5.41) is 2.40. The molecule has 0 fully saturated rings. The summed E-state index contributed by atoms with van der Waals surface area (Å²) in [6, 6.07) is 6.84. The van der Waals surface area contributed by atoms with Crippen LogP contribution in [0.2, 0.25) is 0 Å². The molecule has 0 spiro atoms. The number of carbonyl (C=O) groups excluding carboxylic acids is 1. The average Bonchev–Trinajstić information content (AvgIpc) is 2.16. The fourth-order valence-electron chi connectivity index (χ4n) is 0.797. The number of benzene rings is 1. The third kappa shape index (κ3) is 2.55. The lowest BCUT2D eigenvalue weighted by Crippen LogP contribution is -2.36. The molecule has 1 aromatic rings. The first-order chi connectivity index (χ1) is 6.24. The number of hydrogen-bond acceptors (Lipinski definition) is 3. The Balaban J connectivity index is 2.54. The van der Waals surface area contributed by atoms with Crippen molar-refractivity contribution < 1.29 is 4.79 Å². The Bertz CT molecular complexity index is 300. The van der Waals surface area contributed by atoms with Gasteiger partial charge in [0.15, 0.2) is 0 Å². The Morgan fingerprint density at radius 3 is 2.69 bits per heavy atom. The maximum Gasteiger partial charge on any atom is 0.333 e. The summed E-state index contributed by atoms with van der Waals surface area (Å²) >= 11 is 0. The fourth-order valence-corrected chi connectivity index (χ4v) is 0.797. The number of hydrazine groups is 1. The largest absolute Gasteiger partial charge is 0.397 e. The quantitative estimate of drug-likeness (QED) is 0.396. The van der Waals surface area contributed by atoms with Crippen LogP contribution in [0.4, 0.5) is 16.2 Å². The van der Waals surface area contributed by atoms with Gasteiger partial charge in [0.05, 0.1) is 11.4 Å². The molecule has 1 aromatic carbocycles. The molecule has 0 saturated heterocycles. The van der Waals surface area contributed by atoms with Gasteiger partial charge < -0.3 is 11.1 Å². The van der Waals surface area contributed by atoms with E-state index in [0.29, 0.717) is 11.4 Å². The monoisotopic (exact) mass is 180 g/mol. The normalized spacial score (nSPS) is 9.00. The number of rotatable bonds is 2. The van der Waals surface area contributed by atoms with E-state index in [-0.39, 0.29) is 6.03 Å². The van der Waals surface area contributed by atoms with E-state index in [1.54, 1.807) is 12.1 Å². The highest BCUT2D eigenvalue weighted by Crippen LogP contribution is 2.14. The Morgan fingerprint density at radius 2 is 2.08 bits per heavy atom. The fraction of sp³-hybridized carbons (Fsp3) is 0.125. The molecule has 0 saturated carbocycles. The standard InChI is InChI=1S/C8H12N4O/c1-10-8(13)12-11-7-5-3-2-4-6(7)9/h2-5,11H,9H2,1H3,(H2,10,12,13). The molecule has 0 aliphatic rings. The van der Waals surface area contributed by atoms with Crippen LogP contribution < -0.4 is 21.9 Å². The van der Waals surface area contributed by atoms with Crippen molar-refractivity contribution in [2.75, 3.05) is 18.2 Å². The highest BCUT2D eigenvalue weighted by molar-refractivity contribution is 5.76. The number of nitrogens with one attached hydrogen (secondary N) is 3. The summed E-state index contributed by atoms with van der Waals surface area (Å²) in [5.41, 5.74) is 12.0. The topological polar surface area (TPSA) is 79.2 Å². The van der Waals surface area contributed by atoms with E-state index in [1.807, 2.05) is 12.1 Å². The molecular weight excluding hydrogens is 168 g/mol. The number of para-hydroxylation sites is 2. The highest BCUT2D eigenvalue weighted by atomic mass is 16.2. The van der Waals surface area contributed by atoms with Crippen LogP contribution in [0.15, 0.2) is 24.3 Å². The van der Waals surface area contributed by atoms with Crippen LogP contribution >= 0.6 is 0 Å². The van der Waals surface area contributed by atoms with Crippen molar-refractivity contribution in [2.45, 2.75) is 0 Å². The summed E-state index contributed by atoms with van der Waals surface area (Å²) in [5.74, 6) is 0. The summed E-state index contributed by atoms with van der Waals surface area (Å²) in [6.07, 6.45) is 0. The van der Waals surface area contributed by atoms with E-state index in [1.165, 1.54) is 7.05 Å². The minimum atomic E-state index is -0.316. The number of nitrogens with two attached hydrogens (primary N) is 1. The maximum atomic E-state index is 10.8. The van der Waals surface area contributed by atoms with Gasteiger partial charge in [-0.3, -0.25) is 10.9 Å². The van der Waals surface area contributed by atoms with Gasteiger partial charge in [0, 0.05) is 7.05 Å². The number of carbonyl (C=O) groups is 1. The molecule has 5 heteroatoms. The summed E-state index contributed by atoms with van der Waals surface area (Å²) in [4.78, 5) is 10.8. The van der Waals surface area contributed by atoms with Gasteiger partial charge in [-0.1, -0.05) is 12.1 Å². The molecule has 70 valence electrons. The van der Waals surface area contributed by atoms with E-state index in [0.717, 1.165) is 0 Å². The van der Waals surface area contributed by atoms with Crippen molar-refractivity contribution in [3.05, 3.63) is 24.3 Å². The van der Waals surface area contributed by atoms with Gasteiger partial charge in [0.1, 0.15) is 0 Å². The molecule has 0 bridgehead atoms. The first kappa shape index (κ1) is 9.18. The maximum absolute atomic E-state index is 10.8. The first-order valence-electron chi connectivity index (χ1n) is 3.82.